The molecule has 4 rings (SSSR count). The number of carbonyl (C=O) groups is 1. The summed E-state index contributed by atoms with van der Waals surface area (Å²) in [5, 5.41) is 0. The van der Waals surface area contributed by atoms with E-state index in [0.717, 1.165) is 18.4 Å². The summed E-state index contributed by atoms with van der Waals surface area (Å²) in [5.41, 5.74) is 4.47. The molecular formula is C24H33F2NO. The van der Waals surface area contributed by atoms with E-state index in [9.17, 15) is 4.79 Å². The third-order valence-corrected chi connectivity index (χ3v) is 9.80. The highest BCUT2D eigenvalue weighted by Gasteiger charge is 2.71. The van der Waals surface area contributed by atoms with E-state index in [1.807, 2.05) is 0 Å². The summed E-state index contributed by atoms with van der Waals surface area (Å²) in [6.45, 7) is 13.2. The molecule has 0 aromatic rings. The molecule has 3 saturated carbocycles. The van der Waals surface area contributed by atoms with Gasteiger partial charge in [-0.05, 0) is 73.0 Å². The number of alkyl halides is 2. The van der Waals surface area contributed by atoms with Crippen LogP contribution in [-0.4, -0.2) is 24.2 Å². The molecule has 0 radical (unpaired) electrons. The molecule has 0 amide bonds. The Morgan fingerprint density at radius 3 is 2.57 bits per heavy atom. The van der Waals surface area contributed by atoms with Crippen LogP contribution in [0.4, 0.5) is 8.78 Å². The minimum atomic E-state index is -1.53. The normalized spacial score (nSPS) is 52.5. The molecule has 154 valence electrons. The fourth-order valence-electron chi connectivity index (χ4n) is 7.62. The molecule has 0 aromatic heterocycles. The van der Waals surface area contributed by atoms with Crippen molar-refractivity contribution >= 4 is 5.78 Å². The van der Waals surface area contributed by atoms with E-state index >= 15 is 8.78 Å². The number of ketones is 1. The number of carbonyl (C=O) groups excluding carboxylic acids is 1. The lowest BCUT2D eigenvalue weighted by atomic mass is 9.44. The molecule has 5 unspecified atom stereocenters. The number of hydrogen-bond donors (Lipinski definition) is 1. The van der Waals surface area contributed by atoms with Crippen molar-refractivity contribution in [3.8, 4) is 0 Å². The molecule has 0 bridgehead atoms. The topological polar surface area (TPSA) is 43.1 Å². The number of rotatable bonds is 2. The molecule has 4 heteroatoms. The lowest BCUT2D eigenvalue weighted by molar-refractivity contribution is -0.145. The SMILES string of the molecule is C=C(CN)C1(C)[C@H](C)CC2C3C[C@H](F)C4=CC(=O)C=CC4(C)[C@@]3(F)CCC21C. The van der Waals surface area contributed by atoms with E-state index in [1.54, 1.807) is 13.0 Å². The summed E-state index contributed by atoms with van der Waals surface area (Å²) in [6.07, 6.45) is 5.27. The summed E-state index contributed by atoms with van der Waals surface area (Å²) < 4.78 is 32.2. The van der Waals surface area contributed by atoms with Crippen molar-refractivity contribution in [1.29, 1.82) is 0 Å². The van der Waals surface area contributed by atoms with Gasteiger partial charge in [0.25, 0.3) is 0 Å². The maximum Gasteiger partial charge on any atom is 0.178 e. The molecule has 4 aliphatic rings. The van der Waals surface area contributed by atoms with Crippen LogP contribution in [0.5, 0.6) is 0 Å². The molecule has 8 atom stereocenters. The van der Waals surface area contributed by atoms with Crippen LogP contribution in [0.2, 0.25) is 0 Å². The van der Waals surface area contributed by atoms with Gasteiger partial charge in [0.2, 0.25) is 0 Å². The van der Waals surface area contributed by atoms with Crippen molar-refractivity contribution < 1.29 is 13.6 Å². The molecule has 2 nitrogen and oxygen atoms in total. The van der Waals surface area contributed by atoms with Crippen LogP contribution >= 0.6 is 0 Å². The Labute approximate surface area is 167 Å². The second kappa shape index (κ2) is 5.87. The number of hydrogen-bond acceptors (Lipinski definition) is 2. The quantitative estimate of drug-likeness (QED) is 0.668. The molecule has 0 heterocycles. The Morgan fingerprint density at radius 1 is 1.25 bits per heavy atom. The monoisotopic (exact) mass is 389 g/mol. The lowest BCUT2D eigenvalue weighted by Gasteiger charge is -2.62. The first-order valence-corrected chi connectivity index (χ1v) is 10.6. The second-order valence-corrected chi connectivity index (χ2v) is 10.4. The summed E-state index contributed by atoms with van der Waals surface area (Å²) >= 11 is 0. The molecule has 0 spiro atoms. The van der Waals surface area contributed by atoms with E-state index in [1.165, 1.54) is 12.2 Å². The Bertz CT molecular complexity index is 802. The maximum absolute atomic E-state index is 16.9. The van der Waals surface area contributed by atoms with Gasteiger partial charge in [-0.1, -0.05) is 39.0 Å². The number of nitrogens with two attached hydrogens (primary N) is 1. The maximum atomic E-state index is 16.9. The van der Waals surface area contributed by atoms with Gasteiger partial charge in [-0.3, -0.25) is 4.79 Å². The summed E-state index contributed by atoms with van der Waals surface area (Å²) in [6, 6.07) is 0. The minimum Gasteiger partial charge on any atom is -0.327 e. The Morgan fingerprint density at radius 2 is 1.93 bits per heavy atom. The standard InChI is InChI=1S/C24H33F2NO/c1-14-10-17-18-12-20(25)19-11-16(28)6-7-22(19,4)24(18,26)9-8-21(17,3)23(14,5)15(2)13-27/h6-7,11,14,17-18,20H,2,8-10,12-13,27H2,1,3-5H3/t14-,17?,18?,20+,21?,22?,23?,24-/m1/s1. The van der Waals surface area contributed by atoms with Crippen LogP contribution in [0, 0.1) is 34.0 Å². The van der Waals surface area contributed by atoms with Gasteiger partial charge in [-0.2, -0.15) is 0 Å². The van der Waals surface area contributed by atoms with Gasteiger partial charge in [0, 0.05) is 17.9 Å². The van der Waals surface area contributed by atoms with Gasteiger partial charge in [0.15, 0.2) is 5.78 Å². The van der Waals surface area contributed by atoms with Crippen LogP contribution in [0.15, 0.2) is 36.0 Å². The zero-order valence-electron chi connectivity index (χ0n) is 17.5. The summed E-state index contributed by atoms with van der Waals surface area (Å²) in [4.78, 5) is 11.9. The van der Waals surface area contributed by atoms with Crippen molar-refractivity contribution in [2.75, 3.05) is 6.54 Å². The summed E-state index contributed by atoms with van der Waals surface area (Å²) in [7, 11) is 0. The van der Waals surface area contributed by atoms with Crippen molar-refractivity contribution in [3.63, 3.8) is 0 Å². The smallest absolute Gasteiger partial charge is 0.178 e. The van der Waals surface area contributed by atoms with Crippen LogP contribution in [0.25, 0.3) is 0 Å². The molecule has 0 aliphatic heterocycles. The predicted octanol–water partition coefficient (Wildman–Crippen LogP) is 5.10. The average Bonchev–Trinajstić information content (AvgIpc) is 2.86. The van der Waals surface area contributed by atoms with E-state index in [4.69, 9.17) is 5.73 Å². The number of fused-ring (bicyclic) bond motifs is 5. The van der Waals surface area contributed by atoms with Crippen LogP contribution in [-0.2, 0) is 4.79 Å². The van der Waals surface area contributed by atoms with Crippen molar-refractivity contribution in [2.24, 2.45) is 39.7 Å². The van der Waals surface area contributed by atoms with Crippen molar-refractivity contribution in [3.05, 3.63) is 36.0 Å². The first kappa shape index (κ1) is 20.0. The van der Waals surface area contributed by atoms with Gasteiger partial charge in [0.1, 0.15) is 11.8 Å². The Balaban J connectivity index is 1.82. The van der Waals surface area contributed by atoms with Crippen LogP contribution in [0.1, 0.15) is 53.4 Å². The highest BCUT2D eigenvalue weighted by molar-refractivity contribution is 6.01. The molecule has 3 fully saturated rings. The highest BCUT2D eigenvalue weighted by Crippen LogP contribution is 2.74. The molecule has 0 saturated heterocycles. The molecule has 4 aliphatic carbocycles. The van der Waals surface area contributed by atoms with E-state index in [2.05, 4.69) is 27.4 Å². The number of allylic oxidation sites excluding steroid dienone is 4. The fourth-order valence-corrected chi connectivity index (χ4v) is 7.62. The van der Waals surface area contributed by atoms with Gasteiger partial charge in [0.05, 0.1) is 0 Å². The average molecular weight is 390 g/mol. The van der Waals surface area contributed by atoms with Gasteiger partial charge in [-0.25, -0.2) is 8.78 Å². The Hall–Kier alpha value is -1.29. The highest BCUT2D eigenvalue weighted by atomic mass is 19.1. The van der Waals surface area contributed by atoms with Gasteiger partial charge >= 0.3 is 0 Å². The van der Waals surface area contributed by atoms with Crippen molar-refractivity contribution in [1.82, 2.24) is 0 Å². The second-order valence-electron chi connectivity index (χ2n) is 10.4. The lowest BCUT2D eigenvalue weighted by Crippen LogP contribution is -2.62. The zero-order chi connectivity index (χ0) is 20.7. The van der Waals surface area contributed by atoms with Crippen LogP contribution < -0.4 is 5.73 Å². The summed E-state index contributed by atoms with van der Waals surface area (Å²) in [5.74, 6) is -0.195. The molecule has 28 heavy (non-hydrogen) atoms. The molecule has 0 aromatic carbocycles. The van der Waals surface area contributed by atoms with E-state index in [-0.39, 0.29) is 34.9 Å². The molecule has 2 N–H and O–H groups in total. The third kappa shape index (κ3) is 2.08. The predicted molar refractivity (Wildman–Crippen MR) is 108 cm³/mol. The van der Waals surface area contributed by atoms with E-state index in [0.29, 0.717) is 24.5 Å². The Kier molecular flexibility index (Phi) is 4.19. The zero-order valence-corrected chi connectivity index (χ0v) is 17.5. The largest absolute Gasteiger partial charge is 0.327 e. The molecular weight excluding hydrogens is 356 g/mol. The number of halogens is 2. The minimum absolute atomic E-state index is 0.0807. The first-order chi connectivity index (χ1) is 13.0. The first-order valence-electron chi connectivity index (χ1n) is 10.6. The van der Waals surface area contributed by atoms with Gasteiger partial charge in [-0.15, -0.1) is 0 Å². The van der Waals surface area contributed by atoms with Gasteiger partial charge < -0.3 is 5.73 Å². The van der Waals surface area contributed by atoms with Crippen molar-refractivity contribution in [2.45, 2.75) is 65.2 Å². The third-order valence-electron chi connectivity index (χ3n) is 9.80. The van der Waals surface area contributed by atoms with Crippen LogP contribution in [0.3, 0.4) is 0 Å². The fraction of sp³-hybridized carbons (Fsp3) is 0.708. The van der Waals surface area contributed by atoms with E-state index < -0.39 is 17.3 Å².